The van der Waals surface area contributed by atoms with Gasteiger partial charge in [0, 0.05) is 6.54 Å². The van der Waals surface area contributed by atoms with E-state index in [9.17, 15) is 9.59 Å². The molecular formula is C15H19NO3. The molecule has 1 heterocycles. The van der Waals surface area contributed by atoms with Crippen LogP contribution in [0.1, 0.15) is 37.7 Å². The van der Waals surface area contributed by atoms with Gasteiger partial charge in [-0.05, 0) is 24.8 Å². The van der Waals surface area contributed by atoms with Crippen molar-refractivity contribution in [1.29, 1.82) is 0 Å². The van der Waals surface area contributed by atoms with Crippen LogP contribution in [0.5, 0.6) is 0 Å². The van der Waals surface area contributed by atoms with Crippen molar-refractivity contribution in [2.24, 2.45) is 0 Å². The second-order valence-corrected chi connectivity index (χ2v) is 4.90. The van der Waals surface area contributed by atoms with Crippen LogP contribution in [0, 0.1) is 0 Å². The van der Waals surface area contributed by atoms with Crippen molar-refractivity contribution < 1.29 is 14.7 Å². The molecule has 2 atom stereocenters. The van der Waals surface area contributed by atoms with Gasteiger partial charge in [-0.2, -0.15) is 0 Å². The van der Waals surface area contributed by atoms with E-state index in [2.05, 4.69) is 0 Å². The summed E-state index contributed by atoms with van der Waals surface area (Å²) in [4.78, 5) is 25.3. The van der Waals surface area contributed by atoms with Crippen LogP contribution in [0.25, 0.3) is 0 Å². The van der Waals surface area contributed by atoms with Gasteiger partial charge in [-0.25, -0.2) is 4.79 Å². The van der Waals surface area contributed by atoms with Gasteiger partial charge in [0.2, 0.25) is 5.91 Å². The number of carboxylic acids is 1. The van der Waals surface area contributed by atoms with Gasteiger partial charge in [0.25, 0.3) is 0 Å². The van der Waals surface area contributed by atoms with Crippen LogP contribution >= 0.6 is 0 Å². The van der Waals surface area contributed by atoms with E-state index >= 15 is 0 Å². The summed E-state index contributed by atoms with van der Waals surface area (Å²) >= 11 is 0. The molecule has 1 fully saturated rings. The molecule has 0 saturated carbocycles. The first kappa shape index (κ1) is 13.6. The molecule has 0 aromatic heterocycles. The summed E-state index contributed by atoms with van der Waals surface area (Å²) in [5.74, 6) is -1.19. The van der Waals surface area contributed by atoms with Crippen LogP contribution in [0.4, 0.5) is 0 Å². The van der Waals surface area contributed by atoms with Gasteiger partial charge in [0.05, 0.1) is 5.92 Å². The Balaban J connectivity index is 2.19. The van der Waals surface area contributed by atoms with E-state index in [1.165, 1.54) is 4.90 Å². The molecule has 19 heavy (non-hydrogen) atoms. The molecule has 0 radical (unpaired) electrons. The summed E-state index contributed by atoms with van der Waals surface area (Å²) in [5.41, 5.74) is 0.964. The number of nitrogens with zero attached hydrogens (tertiary/aromatic N) is 1. The molecule has 0 spiro atoms. The molecule has 0 aliphatic carbocycles. The third-order valence-electron chi connectivity index (χ3n) is 3.73. The maximum atomic E-state index is 12.6. The number of amides is 1. The molecule has 4 heteroatoms. The predicted molar refractivity (Wildman–Crippen MR) is 71.8 cm³/mol. The number of carbonyl (C=O) groups is 2. The van der Waals surface area contributed by atoms with Crippen LogP contribution in [0.3, 0.4) is 0 Å². The second-order valence-electron chi connectivity index (χ2n) is 4.90. The van der Waals surface area contributed by atoms with Crippen molar-refractivity contribution in [3.63, 3.8) is 0 Å². The van der Waals surface area contributed by atoms with Gasteiger partial charge in [0.15, 0.2) is 0 Å². The number of hydrogen-bond acceptors (Lipinski definition) is 2. The number of rotatable bonds is 4. The van der Waals surface area contributed by atoms with Gasteiger partial charge in [-0.3, -0.25) is 4.79 Å². The molecule has 4 nitrogen and oxygen atoms in total. The third-order valence-corrected chi connectivity index (χ3v) is 3.73. The van der Waals surface area contributed by atoms with Crippen molar-refractivity contribution >= 4 is 11.9 Å². The Kier molecular flexibility index (Phi) is 4.20. The highest BCUT2D eigenvalue weighted by Gasteiger charge is 2.36. The van der Waals surface area contributed by atoms with Crippen LogP contribution in [0.2, 0.25) is 0 Å². The molecule has 1 aliphatic heterocycles. The lowest BCUT2D eigenvalue weighted by Gasteiger charge is -2.26. The number of carboxylic acid groups (broad SMARTS) is 1. The largest absolute Gasteiger partial charge is 0.480 e. The molecule has 0 bridgehead atoms. The molecule has 1 aliphatic rings. The summed E-state index contributed by atoms with van der Waals surface area (Å²) in [7, 11) is 0. The Morgan fingerprint density at radius 1 is 1.37 bits per heavy atom. The first-order valence-electron chi connectivity index (χ1n) is 6.73. The maximum Gasteiger partial charge on any atom is 0.326 e. The van der Waals surface area contributed by atoms with Gasteiger partial charge in [0.1, 0.15) is 6.04 Å². The average Bonchev–Trinajstić information content (AvgIpc) is 2.90. The molecule has 1 amide bonds. The standard InChI is InChI=1S/C15H19NO3/c1-2-12(11-7-4-3-5-8-11)14(17)16-10-6-9-13(16)15(18)19/h3-5,7-8,12-13H,2,6,9-10H2,1H3,(H,18,19)/t12-,13+/m1/s1. The number of likely N-dealkylation sites (tertiary alicyclic amines) is 1. The Morgan fingerprint density at radius 3 is 2.63 bits per heavy atom. The summed E-state index contributed by atoms with van der Waals surface area (Å²) in [6, 6.07) is 8.94. The second kappa shape index (κ2) is 5.87. The predicted octanol–water partition coefficient (Wildman–Crippen LogP) is 2.26. The molecule has 0 unspecified atom stereocenters. The van der Waals surface area contributed by atoms with Gasteiger partial charge < -0.3 is 10.0 Å². The third kappa shape index (κ3) is 2.78. The zero-order valence-corrected chi connectivity index (χ0v) is 11.1. The zero-order valence-electron chi connectivity index (χ0n) is 11.1. The van der Waals surface area contributed by atoms with Crippen LogP contribution in [0.15, 0.2) is 30.3 Å². The molecular weight excluding hydrogens is 242 g/mol. The summed E-state index contributed by atoms with van der Waals surface area (Å²) in [5, 5.41) is 9.16. The topological polar surface area (TPSA) is 57.6 Å². The number of carbonyl (C=O) groups excluding carboxylic acids is 1. The minimum atomic E-state index is -0.895. The van der Waals surface area contributed by atoms with Crippen molar-refractivity contribution in [2.75, 3.05) is 6.54 Å². The lowest BCUT2D eigenvalue weighted by atomic mass is 9.95. The SMILES string of the molecule is CC[C@@H](C(=O)N1CCC[C@H]1C(=O)O)c1ccccc1. The van der Waals surface area contributed by atoms with Crippen molar-refractivity contribution in [2.45, 2.75) is 38.1 Å². The van der Waals surface area contributed by atoms with E-state index in [0.717, 1.165) is 12.0 Å². The van der Waals surface area contributed by atoms with E-state index in [4.69, 9.17) is 5.11 Å². The fourth-order valence-electron chi connectivity index (χ4n) is 2.73. The highest BCUT2D eigenvalue weighted by atomic mass is 16.4. The molecule has 1 aromatic rings. The fourth-order valence-corrected chi connectivity index (χ4v) is 2.73. The fraction of sp³-hybridized carbons (Fsp3) is 0.467. The molecule has 1 N–H and O–H groups in total. The van der Waals surface area contributed by atoms with Crippen molar-refractivity contribution in [1.82, 2.24) is 4.90 Å². The van der Waals surface area contributed by atoms with E-state index in [1.54, 1.807) is 0 Å². The first-order valence-corrected chi connectivity index (χ1v) is 6.73. The monoisotopic (exact) mass is 261 g/mol. The number of benzene rings is 1. The summed E-state index contributed by atoms with van der Waals surface area (Å²) < 4.78 is 0. The first-order chi connectivity index (χ1) is 9.15. The number of hydrogen-bond donors (Lipinski definition) is 1. The Bertz CT molecular complexity index is 458. The average molecular weight is 261 g/mol. The van der Waals surface area contributed by atoms with Crippen molar-refractivity contribution in [3.05, 3.63) is 35.9 Å². The smallest absolute Gasteiger partial charge is 0.326 e. The van der Waals surface area contributed by atoms with Crippen LogP contribution in [-0.2, 0) is 9.59 Å². The van der Waals surface area contributed by atoms with E-state index in [-0.39, 0.29) is 11.8 Å². The number of aliphatic carboxylic acids is 1. The summed E-state index contributed by atoms with van der Waals surface area (Å²) in [6.07, 6.45) is 2.02. The molecule has 1 saturated heterocycles. The van der Waals surface area contributed by atoms with Crippen LogP contribution < -0.4 is 0 Å². The Morgan fingerprint density at radius 2 is 2.05 bits per heavy atom. The zero-order chi connectivity index (χ0) is 13.8. The minimum absolute atomic E-state index is 0.0569. The lowest BCUT2D eigenvalue weighted by Crippen LogP contribution is -2.42. The molecule has 2 rings (SSSR count). The highest BCUT2D eigenvalue weighted by Crippen LogP contribution is 2.27. The quantitative estimate of drug-likeness (QED) is 0.904. The normalized spacial score (nSPS) is 20.3. The van der Waals surface area contributed by atoms with Gasteiger partial charge >= 0.3 is 5.97 Å². The van der Waals surface area contributed by atoms with E-state index in [1.807, 2.05) is 37.3 Å². The van der Waals surface area contributed by atoms with E-state index in [0.29, 0.717) is 19.4 Å². The highest BCUT2D eigenvalue weighted by molar-refractivity contribution is 5.88. The lowest BCUT2D eigenvalue weighted by molar-refractivity contribution is -0.148. The van der Waals surface area contributed by atoms with Gasteiger partial charge in [-0.1, -0.05) is 37.3 Å². The maximum absolute atomic E-state index is 12.6. The molecule has 1 aromatic carbocycles. The van der Waals surface area contributed by atoms with Crippen molar-refractivity contribution in [3.8, 4) is 0 Å². The van der Waals surface area contributed by atoms with Gasteiger partial charge in [-0.15, -0.1) is 0 Å². The Labute approximate surface area is 113 Å². The minimum Gasteiger partial charge on any atom is -0.480 e. The van der Waals surface area contributed by atoms with Crippen LogP contribution in [-0.4, -0.2) is 34.5 Å². The van der Waals surface area contributed by atoms with E-state index < -0.39 is 12.0 Å². The Hall–Kier alpha value is -1.84. The molecule has 102 valence electrons. The summed E-state index contributed by atoms with van der Waals surface area (Å²) in [6.45, 7) is 2.51.